The van der Waals surface area contributed by atoms with Crippen molar-refractivity contribution in [3.05, 3.63) is 46.4 Å². The lowest BCUT2D eigenvalue weighted by molar-refractivity contribution is -0.677. The molecule has 2 rings (SSSR count). The maximum Gasteiger partial charge on any atom is 0.431 e. The minimum absolute atomic E-state index is 0.313. The molecule has 0 saturated heterocycles. The summed E-state index contributed by atoms with van der Waals surface area (Å²) in [5.74, 6) is 0. The molecule has 2 N–H and O–H groups in total. The number of hydrogen-bond acceptors (Lipinski definition) is 3. The van der Waals surface area contributed by atoms with Crippen LogP contribution in [0, 0.1) is 0 Å². The summed E-state index contributed by atoms with van der Waals surface area (Å²) < 4.78 is 6.48. The molecule has 1 heterocycles. The second-order valence-electron chi connectivity index (χ2n) is 4.13. The fraction of sp³-hybridized carbons (Fsp3) is 0.333. The number of aromatic nitrogens is 2. The first-order valence-corrected chi connectivity index (χ1v) is 5.59. The first-order valence-electron chi connectivity index (χ1n) is 5.59. The SMILES string of the molecule is CC(C)NCc1c(=O)o[nH][n+]1-c1ccccc1. The van der Waals surface area contributed by atoms with Crippen molar-refractivity contribution in [2.24, 2.45) is 0 Å². The van der Waals surface area contributed by atoms with Crippen molar-refractivity contribution in [2.45, 2.75) is 26.4 Å². The molecule has 1 aromatic carbocycles. The smallest absolute Gasteiger partial charge is 0.305 e. The van der Waals surface area contributed by atoms with E-state index in [9.17, 15) is 4.79 Å². The largest absolute Gasteiger partial charge is 0.431 e. The highest BCUT2D eigenvalue weighted by molar-refractivity contribution is 5.21. The van der Waals surface area contributed by atoms with E-state index in [4.69, 9.17) is 4.52 Å². The molecular weight excluding hydrogens is 218 g/mol. The Bertz CT molecular complexity index is 528. The molecule has 0 aliphatic rings. The van der Waals surface area contributed by atoms with Crippen molar-refractivity contribution < 1.29 is 9.20 Å². The summed E-state index contributed by atoms with van der Waals surface area (Å²) in [4.78, 5) is 11.6. The third-order valence-electron chi connectivity index (χ3n) is 2.43. The van der Waals surface area contributed by atoms with Gasteiger partial charge in [0, 0.05) is 18.2 Å². The van der Waals surface area contributed by atoms with Crippen molar-refractivity contribution in [3.63, 3.8) is 0 Å². The van der Waals surface area contributed by atoms with Crippen LogP contribution in [-0.2, 0) is 6.54 Å². The summed E-state index contributed by atoms with van der Waals surface area (Å²) in [7, 11) is 0. The van der Waals surface area contributed by atoms with Crippen LogP contribution in [0.25, 0.3) is 5.69 Å². The number of benzene rings is 1. The Labute approximate surface area is 99.0 Å². The van der Waals surface area contributed by atoms with E-state index in [1.54, 1.807) is 4.68 Å². The average Bonchev–Trinajstić information content (AvgIpc) is 2.69. The van der Waals surface area contributed by atoms with Gasteiger partial charge in [-0.3, -0.25) is 4.52 Å². The van der Waals surface area contributed by atoms with Crippen LogP contribution in [0.5, 0.6) is 0 Å². The summed E-state index contributed by atoms with van der Waals surface area (Å²) >= 11 is 0. The molecule has 0 unspecified atom stereocenters. The van der Waals surface area contributed by atoms with Gasteiger partial charge in [0.1, 0.15) is 0 Å². The van der Waals surface area contributed by atoms with Gasteiger partial charge in [0.05, 0.1) is 6.54 Å². The molecule has 0 amide bonds. The van der Waals surface area contributed by atoms with Gasteiger partial charge in [-0.2, -0.15) is 0 Å². The first kappa shape index (κ1) is 11.6. The maximum atomic E-state index is 11.6. The highest BCUT2D eigenvalue weighted by Gasteiger charge is 2.22. The number of nitrogens with zero attached hydrogens (tertiary/aromatic N) is 1. The van der Waals surface area contributed by atoms with Crippen LogP contribution in [0.3, 0.4) is 0 Å². The molecule has 0 aliphatic heterocycles. The molecule has 0 fully saturated rings. The number of rotatable bonds is 4. The van der Waals surface area contributed by atoms with Gasteiger partial charge >= 0.3 is 11.3 Å². The minimum atomic E-state index is -0.345. The predicted octanol–water partition coefficient (Wildman–Crippen LogP) is 0.743. The number of H-pyrrole nitrogens is 1. The van der Waals surface area contributed by atoms with Gasteiger partial charge in [0.15, 0.2) is 0 Å². The van der Waals surface area contributed by atoms with Crippen LogP contribution >= 0.6 is 0 Å². The van der Waals surface area contributed by atoms with Gasteiger partial charge in [-0.25, -0.2) is 4.79 Å². The topological polar surface area (TPSA) is 61.9 Å². The van der Waals surface area contributed by atoms with Crippen molar-refractivity contribution in [1.29, 1.82) is 0 Å². The second-order valence-corrected chi connectivity index (χ2v) is 4.13. The molecule has 0 saturated carbocycles. The Kier molecular flexibility index (Phi) is 3.39. The van der Waals surface area contributed by atoms with Gasteiger partial charge in [0.25, 0.3) is 0 Å². The number of nitrogens with one attached hydrogen (secondary N) is 2. The molecular formula is C12H16N3O2+. The van der Waals surface area contributed by atoms with Gasteiger partial charge in [-0.15, -0.1) is 0 Å². The van der Waals surface area contributed by atoms with Crippen LogP contribution in [0.4, 0.5) is 0 Å². The van der Waals surface area contributed by atoms with E-state index < -0.39 is 0 Å². The number of para-hydroxylation sites is 1. The molecule has 1 aromatic heterocycles. The summed E-state index contributed by atoms with van der Waals surface area (Å²) in [6.45, 7) is 4.53. The van der Waals surface area contributed by atoms with E-state index in [1.807, 2.05) is 44.2 Å². The third kappa shape index (κ3) is 2.62. The number of aromatic amines is 1. The molecule has 0 spiro atoms. The second kappa shape index (κ2) is 4.97. The molecule has 0 bridgehead atoms. The van der Waals surface area contributed by atoms with Crippen molar-refractivity contribution in [3.8, 4) is 5.69 Å². The molecule has 0 radical (unpaired) electrons. The average molecular weight is 234 g/mol. The van der Waals surface area contributed by atoms with Gasteiger partial charge in [0.2, 0.25) is 5.69 Å². The van der Waals surface area contributed by atoms with E-state index in [0.29, 0.717) is 18.3 Å². The summed E-state index contributed by atoms with van der Waals surface area (Å²) in [5.41, 5.74) is 1.09. The predicted molar refractivity (Wildman–Crippen MR) is 62.8 cm³/mol. The molecule has 0 atom stereocenters. The molecule has 5 nitrogen and oxygen atoms in total. The zero-order valence-corrected chi connectivity index (χ0v) is 9.93. The quantitative estimate of drug-likeness (QED) is 0.767. The van der Waals surface area contributed by atoms with Crippen LogP contribution in [0.1, 0.15) is 19.5 Å². The van der Waals surface area contributed by atoms with Gasteiger partial charge < -0.3 is 5.32 Å². The molecule has 90 valence electrons. The Morgan fingerprint density at radius 1 is 1.35 bits per heavy atom. The van der Waals surface area contributed by atoms with Gasteiger partial charge in [-0.05, 0) is 9.95 Å². The molecule has 17 heavy (non-hydrogen) atoms. The van der Waals surface area contributed by atoms with Gasteiger partial charge in [-0.1, -0.05) is 32.0 Å². The molecule has 0 aliphatic carbocycles. The van der Waals surface area contributed by atoms with Crippen LogP contribution in [0.15, 0.2) is 39.6 Å². The zero-order valence-electron chi connectivity index (χ0n) is 9.93. The first-order chi connectivity index (χ1) is 8.18. The van der Waals surface area contributed by atoms with E-state index in [-0.39, 0.29) is 5.63 Å². The monoisotopic (exact) mass is 234 g/mol. The van der Waals surface area contributed by atoms with Crippen LogP contribution < -0.4 is 15.6 Å². The standard InChI is InChI=1S/C12H15N3O2/c1-9(2)13-8-11-12(16)17-14-15(11)10-6-4-3-5-7-10/h3-7,9,13H,8H2,1-2H3/p+1. The highest BCUT2D eigenvalue weighted by Crippen LogP contribution is 1.97. The Morgan fingerprint density at radius 3 is 2.71 bits per heavy atom. The summed E-state index contributed by atoms with van der Waals surface area (Å²) in [6.07, 6.45) is 0. The fourth-order valence-corrected chi connectivity index (χ4v) is 1.53. The zero-order chi connectivity index (χ0) is 12.3. The van der Waals surface area contributed by atoms with Crippen molar-refractivity contribution in [2.75, 3.05) is 0 Å². The lowest BCUT2D eigenvalue weighted by Crippen LogP contribution is -2.41. The minimum Gasteiger partial charge on any atom is -0.305 e. The Morgan fingerprint density at radius 2 is 2.06 bits per heavy atom. The summed E-state index contributed by atoms with van der Waals surface area (Å²) in [6, 6.07) is 9.87. The van der Waals surface area contributed by atoms with Crippen LogP contribution in [0.2, 0.25) is 0 Å². The molecule has 5 heteroatoms. The van der Waals surface area contributed by atoms with E-state index in [0.717, 1.165) is 5.69 Å². The van der Waals surface area contributed by atoms with E-state index >= 15 is 0 Å². The third-order valence-corrected chi connectivity index (χ3v) is 2.43. The number of hydrogen-bond donors (Lipinski definition) is 2. The van der Waals surface area contributed by atoms with E-state index in [1.165, 1.54) is 0 Å². The van der Waals surface area contributed by atoms with E-state index in [2.05, 4.69) is 10.6 Å². The van der Waals surface area contributed by atoms with Crippen molar-refractivity contribution >= 4 is 0 Å². The lowest BCUT2D eigenvalue weighted by atomic mass is 10.3. The van der Waals surface area contributed by atoms with Crippen molar-refractivity contribution in [1.82, 2.24) is 10.6 Å². The fourth-order valence-electron chi connectivity index (χ4n) is 1.53. The summed E-state index contributed by atoms with van der Waals surface area (Å²) in [5, 5.41) is 5.80. The lowest BCUT2D eigenvalue weighted by Gasteiger charge is -2.02. The Balaban J connectivity index is 2.33. The van der Waals surface area contributed by atoms with Crippen LogP contribution in [-0.4, -0.2) is 11.3 Å². The molecule has 2 aromatic rings. The maximum absolute atomic E-state index is 11.6. The highest BCUT2D eigenvalue weighted by atomic mass is 16.5. The normalized spacial score (nSPS) is 11.0. The Hall–Kier alpha value is -1.88.